The van der Waals surface area contributed by atoms with Gasteiger partial charge in [-0.3, -0.25) is 10.3 Å². The Morgan fingerprint density at radius 2 is 1.93 bits per heavy atom. The van der Waals surface area contributed by atoms with E-state index in [-0.39, 0.29) is 0 Å². The molecule has 6 nitrogen and oxygen atoms in total. The van der Waals surface area contributed by atoms with Crippen molar-refractivity contribution < 1.29 is 9.53 Å². The summed E-state index contributed by atoms with van der Waals surface area (Å²) in [6.45, 7) is 5.38. The van der Waals surface area contributed by atoms with E-state index in [0.717, 1.165) is 11.3 Å². The third-order valence-electron chi connectivity index (χ3n) is 3.44. The standard InChI is InChI=1S/C19H18Cl2N4O2/c1-19(2,3)27-18(26)23-17-10-16(12-5-4-8-22-11-12)25(24-17)13-6-7-14(20)15(21)9-13/h4-11H,1-3H3,(H,23,24,26). The first-order valence-electron chi connectivity index (χ1n) is 8.19. The molecule has 3 rings (SSSR count). The molecule has 1 aromatic carbocycles. The zero-order valence-electron chi connectivity index (χ0n) is 15.0. The minimum Gasteiger partial charge on any atom is -0.444 e. The van der Waals surface area contributed by atoms with Crippen LogP contribution in [0.3, 0.4) is 0 Å². The highest BCUT2D eigenvalue weighted by Crippen LogP contribution is 2.29. The van der Waals surface area contributed by atoms with E-state index in [2.05, 4.69) is 15.4 Å². The van der Waals surface area contributed by atoms with Crippen LogP contribution in [0.4, 0.5) is 10.6 Å². The average molecular weight is 405 g/mol. The largest absolute Gasteiger partial charge is 0.444 e. The van der Waals surface area contributed by atoms with Gasteiger partial charge in [-0.1, -0.05) is 23.2 Å². The van der Waals surface area contributed by atoms with Crippen LogP contribution in [0.2, 0.25) is 10.0 Å². The summed E-state index contributed by atoms with van der Waals surface area (Å²) in [6, 6.07) is 10.6. The van der Waals surface area contributed by atoms with Crippen molar-refractivity contribution in [1.82, 2.24) is 14.8 Å². The number of nitrogens with zero attached hydrogens (tertiary/aromatic N) is 3. The Bertz CT molecular complexity index is 966. The molecule has 140 valence electrons. The molecule has 2 heterocycles. The first-order chi connectivity index (χ1) is 12.7. The second kappa shape index (κ2) is 7.58. The molecule has 0 atom stereocenters. The Kier molecular flexibility index (Phi) is 5.39. The van der Waals surface area contributed by atoms with Crippen LogP contribution in [0.25, 0.3) is 16.9 Å². The van der Waals surface area contributed by atoms with Crippen LogP contribution >= 0.6 is 23.2 Å². The van der Waals surface area contributed by atoms with Crippen molar-refractivity contribution in [2.75, 3.05) is 5.32 Å². The molecule has 0 aliphatic heterocycles. The Balaban J connectivity index is 2.01. The number of aromatic nitrogens is 3. The number of amides is 1. The number of carbonyl (C=O) groups is 1. The SMILES string of the molecule is CC(C)(C)OC(=O)Nc1cc(-c2cccnc2)n(-c2ccc(Cl)c(Cl)c2)n1. The molecule has 0 radical (unpaired) electrons. The van der Waals surface area contributed by atoms with Gasteiger partial charge in [0.1, 0.15) is 5.60 Å². The number of benzene rings is 1. The van der Waals surface area contributed by atoms with Crippen molar-refractivity contribution in [3.05, 3.63) is 58.8 Å². The molecular weight excluding hydrogens is 387 g/mol. The summed E-state index contributed by atoms with van der Waals surface area (Å²) in [5, 5.41) is 7.98. The normalized spacial score (nSPS) is 11.3. The molecule has 3 aromatic rings. The summed E-state index contributed by atoms with van der Waals surface area (Å²) >= 11 is 12.2. The zero-order chi connectivity index (χ0) is 19.6. The van der Waals surface area contributed by atoms with E-state index in [1.165, 1.54) is 0 Å². The van der Waals surface area contributed by atoms with E-state index in [1.54, 1.807) is 62.1 Å². The van der Waals surface area contributed by atoms with Gasteiger partial charge in [0.2, 0.25) is 0 Å². The molecule has 1 N–H and O–H groups in total. The highest BCUT2D eigenvalue weighted by molar-refractivity contribution is 6.42. The number of carbonyl (C=O) groups excluding carboxylic acids is 1. The van der Waals surface area contributed by atoms with Crippen LogP contribution in [0.15, 0.2) is 48.8 Å². The second-order valence-corrected chi connectivity index (χ2v) is 7.61. The summed E-state index contributed by atoms with van der Waals surface area (Å²) in [7, 11) is 0. The molecule has 0 saturated carbocycles. The first-order valence-corrected chi connectivity index (χ1v) is 8.94. The predicted molar refractivity (Wildman–Crippen MR) is 107 cm³/mol. The summed E-state index contributed by atoms with van der Waals surface area (Å²) < 4.78 is 6.95. The maximum atomic E-state index is 12.1. The summed E-state index contributed by atoms with van der Waals surface area (Å²) in [5.74, 6) is 0.342. The quantitative estimate of drug-likeness (QED) is 0.617. The molecular formula is C19H18Cl2N4O2. The lowest BCUT2D eigenvalue weighted by atomic mass is 10.2. The van der Waals surface area contributed by atoms with Crippen LogP contribution < -0.4 is 5.32 Å². The van der Waals surface area contributed by atoms with Crippen LogP contribution in [0.5, 0.6) is 0 Å². The number of rotatable bonds is 3. The van der Waals surface area contributed by atoms with Gasteiger partial charge in [0, 0.05) is 24.0 Å². The number of ether oxygens (including phenoxy) is 1. The third kappa shape index (κ3) is 4.78. The first kappa shape index (κ1) is 19.2. The van der Waals surface area contributed by atoms with Gasteiger partial charge in [-0.15, -0.1) is 5.10 Å². The number of anilines is 1. The van der Waals surface area contributed by atoms with Gasteiger partial charge in [-0.05, 0) is 51.1 Å². The van der Waals surface area contributed by atoms with Gasteiger partial charge in [-0.2, -0.15) is 0 Å². The van der Waals surface area contributed by atoms with Crippen molar-refractivity contribution in [2.45, 2.75) is 26.4 Å². The minimum absolute atomic E-state index is 0.342. The maximum Gasteiger partial charge on any atom is 0.413 e. The Morgan fingerprint density at radius 1 is 1.15 bits per heavy atom. The minimum atomic E-state index is -0.609. The number of halogens is 2. The van der Waals surface area contributed by atoms with Gasteiger partial charge in [-0.25, -0.2) is 9.48 Å². The summed E-state index contributed by atoms with van der Waals surface area (Å²) in [5.41, 5.74) is 1.64. The third-order valence-corrected chi connectivity index (χ3v) is 4.18. The van der Waals surface area contributed by atoms with Gasteiger partial charge in [0.15, 0.2) is 5.82 Å². The van der Waals surface area contributed by atoms with Crippen molar-refractivity contribution >= 4 is 35.1 Å². The van der Waals surface area contributed by atoms with Crippen molar-refractivity contribution in [1.29, 1.82) is 0 Å². The van der Waals surface area contributed by atoms with E-state index in [4.69, 9.17) is 27.9 Å². The fourth-order valence-electron chi connectivity index (χ4n) is 2.38. The molecule has 0 unspecified atom stereocenters. The lowest BCUT2D eigenvalue weighted by molar-refractivity contribution is 0.0635. The van der Waals surface area contributed by atoms with Crippen LogP contribution in [0.1, 0.15) is 20.8 Å². The predicted octanol–water partition coefficient (Wildman–Crippen LogP) is 5.59. The van der Waals surface area contributed by atoms with Gasteiger partial charge in [0.05, 0.1) is 21.4 Å². The highest BCUT2D eigenvalue weighted by Gasteiger charge is 2.19. The molecule has 0 saturated heterocycles. The number of hydrogen-bond donors (Lipinski definition) is 1. The summed E-state index contributed by atoms with van der Waals surface area (Å²) in [4.78, 5) is 16.2. The van der Waals surface area contributed by atoms with E-state index < -0.39 is 11.7 Å². The number of hydrogen-bond acceptors (Lipinski definition) is 4. The molecule has 0 spiro atoms. The Hall–Kier alpha value is -2.57. The highest BCUT2D eigenvalue weighted by atomic mass is 35.5. The van der Waals surface area contributed by atoms with Crippen molar-refractivity contribution in [3.63, 3.8) is 0 Å². The lowest BCUT2D eigenvalue weighted by Crippen LogP contribution is -2.27. The van der Waals surface area contributed by atoms with Gasteiger partial charge >= 0.3 is 6.09 Å². The number of pyridine rings is 1. The topological polar surface area (TPSA) is 69.0 Å². The average Bonchev–Trinajstić information content (AvgIpc) is 3.00. The van der Waals surface area contributed by atoms with Gasteiger partial charge in [0.25, 0.3) is 0 Å². The molecule has 8 heteroatoms. The fourth-order valence-corrected chi connectivity index (χ4v) is 2.68. The molecule has 27 heavy (non-hydrogen) atoms. The molecule has 0 bridgehead atoms. The molecule has 1 amide bonds. The Labute approximate surface area is 167 Å². The van der Waals surface area contributed by atoms with E-state index in [9.17, 15) is 4.79 Å². The zero-order valence-corrected chi connectivity index (χ0v) is 16.5. The molecule has 0 fully saturated rings. The molecule has 2 aromatic heterocycles. The van der Waals surface area contributed by atoms with Crippen LogP contribution in [-0.4, -0.2) is 26.5 Å². The monoisotopic (exact) mass is 404 g/mol. The van der Waals surface area contributed by atoms with E-state index >= 15 is 0 Å². The van der Waals surface area contributed by atoms with E-state index in [0.29, 0.717) is 21.6 Å². The maximum absolute atomic E-state index is 12.1. The summed E-state index contributed by atoms with van der Waals surface area (Å²) in [6.07, 6.45) is 2.81. The fraction of sp³-hybridized carbons (Fsp3) is 0.211. The Morgan fingerprint density at radius 3 is 2.56 bits per heavy atom. The van der Waals surface area contributed by atoms with Crippen LogP contribution in [0, 0.1) is 0 Å². The smallest absolute Gasteiger partial charge is 0.413 e. The van der Waals surface area contributed by atoms with Crippen molar-refractivity contribution in [3.8, 4) is 16.9 Å². The second-order valence-electron chi connectivity index (χ2n) is 6.79. The molecule has 0 aliphatic rings. The number of nitrogens with one attached hydrogen (secondary N) is 1. The molecule has 0 aliphatic carbocycles. The lowest BCUT2D eigenvalue weighted by Gasteiger charge is -2.19. The van der Waals surface area contributed by atoms with Crippen LogP contribution in [-0.2, 0) is 4.74 Å². The van der Waals surface area contributed by atoms with Gasteiger partial charge < -0.3 is 4.74 Å². The van der Waals surface area contributed by atoms with E-state index in [1.807, 2.05) is 12.1 Å². The van der Waals surface area contributed by atoms with Crippen molar-refractivity contribution in [2.24, 2.45) is 0 Å².